The van der Waals surface area contributed by atoms with Crippen molar-refractivity contribution in [2.24, 2.45) is 5.92 Å². The Labute approximate surface area is 81.3 Å². The van der Waals surface area contributed by atoms with Gasteiger partial charge < -0.3 is 9.90 Å². The summed E-state index contributed by atoms with van der Waals surface area (Å²) >= 11 is 0. The zero-order valence-electron chi connectivity index (χ0n) is 9.05. The minimum absolute atomic E-state index is 0.592. The average molecular weight is 186 g/mol. The molecule has 78 valence electrons. The number of carbonyl (C=O) groups is 1. The molecular formula is C11H22O2. The second-order valence-electron chi connectivity index (χ2n) is 4.47. The van der Waals surface area contributed by atoms with Gasteiger partial charge >= 0.3 is 0 Å². The average Bonchev–Trinajstić information content (AvgIpc) is 2.03. The van der Waals surface area contributed by atoms with Gasteiger partial charge in [0.05, 0.1) is 0 Å². The third kappa shape index (κ3) is 7.97. The molecule has 0 aromatic carbocycles. The van der Waals surface area contributed by atoms with Gasteiger partial charge in [0.1, 0.15) is 5.60 Å². The summed E-state index contributed by atoms with van der Waals surface area (Å²) in [5.41, 5.74) is -1.10. The Kier molecular flexibility index (Phi) is 5.97. The van der Waals surface area contributed by atoms with Gasteiger partial charge in [0.25, 0.3) is 0 Å². The Balaban J connectivity index is 3.30. The molecule has 0 saturated carbocycles. The van der Waals surface area contributed by atoms with Crippen LogP contribution in [-0.4, -0.2) is 17.0 Å². The molecule has 0 saturated heterocycles. The Morgan fingerprint density at radius 2 is 1.92 bits per heavy atom. The quantitative estimate of drug-likeness (QED) is 0.490. The molecule has 1 atom stereocenters. The lowest BCUT2D eigenvalue weighted by atomic mass is 9.98. The summed E-state index contributed by atoms with van der Waals surface area (Å²) in [4.78, 5) is 10.3. The number of aldehydes is 1. The first-order valence-corrected chi connectivity index (χ1v) is 5.16. The van der Waals surface area contributed by atoms with Crippen molar-refractivity contribution in [2.75, 3.05) is 0 Å². The minimum atomic E-state index is -1.10. The highest BCUT2D eigenvalue weighted by Crippen LogP contribution is 2.14. The molecule has 0 aliphatic heterocycles. The molecule has 0 amide bonds. The predicted octanol–water partition coefficient (Wildman–Crippen LogP) is 2.54. The molecule has 0 fully saturated rings. The summed E-state index contributed by atoms with van der Waals surface area (Å²) in [6.45, 7) is 5.99. The van der Waals surface area contributed by atoms with Crippen molar-refractivity contribution >= 4 is 6.29 Å². The predicted molar refractivity (Wildman–Crippen MR) is 54.6 cm³/mol. The van der Waals surface area contributed by atoms with E-state index in [9.17, 15) is 9.90 Å². The normalized spacial score (nSPS) is 15.8. The smallest absolute Gasteiger partial charge is 0.151 e. The molecule has 0 radical (unpaired) electrons. The van der Waals surface area contributed by atoms with Crippen LogP contribution in [0.2, 0.25) is 0 Å². The van der Waals surface area contributed by atoms with Crippen LogP contribution in [0.3, 0.4) is 0 Å². The lowest BCUT2D eigenvalue weighted by Gasteiger charge is -2.14. The highest BCUT2D eigenvalue weighted by molar-refractivity contribution is 5.60. The van der Waals surface area contributed by atoms with Gasteiger partial charge in [0, 0.05) is 0 Å². The zero-order valence-corrected chi connectivity index (χ0v) is 9.05. The van der Waals surface area contributed by atoms with E-state index < -0.39 is 5.60 Å². The number of unbranched alkanes of at least 4 members (excludes halogenated alkanes) is 2. The van der Waals surface area contributed by atoms with Crippen LogP contribution < -0.4 is 0 Å². The van der Waals surface area contributed by atoms with Gasteiger partial charge in [-0.25, -0.2) is 0 Å². The summed E-state index contributed by atoms with van der Waals surface area (Å²) in [6, 6.07) is 0. The first-order valence-electron chi connectivity index (χ1n) is 5.16. The number of hydrogen-bond acceptors (Lipinski definition) is 2. The minimum Gasteiger partial charge on any atom is -0.383 e. The van der Waals surface area contributed by atoms with Crippen molar-refractivity contribution in [2.45, 2.75) is 58.5 Å². The van der Waals surface area contributed by atoms with E-state index in [0.717, 1.165) is 18.8 Å². The largest absolute Gasteiger partial charge is 0.383 e. The molecular weight excluding hydrogens is 164 g/mol. The maximum Gasteiger partial charge on any atom is 0.151 e. The van der Waals surface area contributed by atoms with Crippen LogP contribution in [0.4, 0.5) is 0 Å². The molecule has 0 bridgehead atoms. The van der Waals surface area contributed by atoms with Gasteiger partial charge in [0.15, 0.2) is 6.29 Å². The van der Waals surface area contributed by atoms with Crippen LogP contribution in [0.25, 0.3) is 0 Å². The van der Waals surface area contributed by atoms with Crippen molar-refractivity contribution < 1.29 is 9.90 Å². The lowest BCUT2D eigenvalue weighted by molar-refractivity contribution is -0.123. The maximum absolute atomic E-state index is 10.3. The van der Waals surface area contributed by atoms with Crippen molar-refractivity contribution in [3.63, 3.8) is 0 Å². The Morgan fingerprint density at radius 3 is 2.38 bits per heavy atom. The molecule has 0 aromatic rings. The van der Waals surface area contributed by atoms with E-state index in [2.05, 4.69) is 13.8 Å². The van der Waals surface area contributed by atoms with Crippen LogP contribution in [-0.2, 0) is 4.79 Å². The van der Waals surface area contributed by atoms with E-state index in [4.69, 9.17) is 0 Å². The molecule has 1 unspecified atom stereocenters. The fourth-order valence-electron chi connectivity index (χ4n) is 1.27. The second kappa shape index (κ2) is 6.14. The molecule has 2 heteroatoms. The number of rotatable bonds is 7. The molecule has 1 N–H and O–H groups in total. The molecule has 0 heterocycles. The highest BCUT2D eigenvalue weighted by Gasteiger charge is 2.17. The standard InChI is InChI=1S/C11H22O2/c1-10(2)7-5-4-6-8-11(3,13)9-12/h9-10,13H,4-8H2,1-3H3. The van der Waals surface area contributed by atoms with Crippen LogP contribution >= 0.6 is 0 Å². The second-order valence-corrected chi connectivity index (χ2v) is 4.47. The van der Waals surface area contributed by atoms with Gasteiger partial charge in [-0.1, -0.05) is 39.5 Å². The number of hydrogen-bond donors (Lipinski definition) is 1. The Bertz CT molecular complexity index is 139. The van der Waals surface area contributed by atoms with Gasteiger partial charge in [-0.15, -0.1) is 0 Å². The molecule has 13 heavy (non-hydrogen) atoms. The van der Waals surface area contributed by atoms with E-state index >= 15 is 0 Å². The van der Waals surface area contributed by atoms with Crippen molar-refractivity contribution in [1.29, 1.82) is 0 Å². The topological polar surface area (TPSA) is 37.3 Å². The van der Waals surface area contributed by atoms with E-state index in [1.165, 1.54) is 12.8 Å². The highest BCUT2D eigenvalue weighted by atomic mass is 16.3. The van der Waals surface area contributed by atoms with Crippen LogP contribution in [0.1, 0.15) is 52.9 Å². The molecule has 0 spiro atoms. The van der Waals surface area contributed by atoms with Crippen LogP contribution in [0.15, 0.2) is 0 Å². The molecule has 0 rings (SSSR count). The van der Waals surface area contributed by atoms with Crippen molar-refractivity contribution in [3.05, 3.63) is 0 Å². The van der Waals surface area contributed by atoms with E-state index in [0.29, 0.717) is 12.7 Å². The van der Waals surface area contributed by atoms with Crippen molar-refractivity contribution in [1.82, 2.24) is 0 Å². The first-order chi connectivity index (χ1) is 5.98. The number of aliphatic hydroxyl groups is 1. The fourth-order valence-corrected chi connectivity index (χ4v) is 1.27. The maximum atomic E-state index is 10.3. The summed E-state index contributed by atoms with van der Waals surface area (Å²) in [5, 5.41) is 9.36. The van der Waals surface area contributed by atoms with Gasteiger partial charge in [0.2, 0.25) is 0 Å². The third-order valence-corrected chi connectivity index (χ3v) is 2.22. The molecule has 2 nitrogen and oxygen atoms in total. The molecule has 0 aromatic heterocycles. The van der Waals surface area contributed by atoms with E-state index in [-0.39, 0.29) is 0 Å². The van der Waals surface area contributed by atoms with E-state index in [1.54, 1.807) is 6.92 Å². The lowest BCUT2D eigenvalue weighted by Crippen LogP contribution is -2.25. The SMILES string of the molecule is CC(C)CCCCCC(C)(O)C=O. The van der Waals surface area contributed by atoms with E-state index in [1.807, 2.05) is 0 Å². The van der Waals surface area contributed by atoms with Gasteiger partial charge in [-0.2, -0.15) is 0 Å². The van der Waals surface area contributed by atoms with Gasteiger partial charge in [-0.3, -0.25) is 0 Å². The number of carbonyl (C=O) groups excluding carboxylic acids is 1. The van der Waals surface area contributed by atoms with Crippen LogP contribution in [0, 0.1) is 5.92 Å². The first kappa shape index (κ1) is 12.6. The Morgan fingerprint density at radius 1 is 1.31 bits per heavy atom. The third-order valence-electron chi connectivity index (χ3n) is 2.22. The van der Waals surface area contributed by atoms with Gasteiger partial charge in [-0.05, 0) is 19.3 Å². The summed E-state index contributed by atoms with van der Waals surface area (Å²) in [7, 11) is 0. The summed E-state index contributed by atoms with van der Waals surface area (Å²) < 4.78 is 0. The van der Waals surface area contributed by atoms with Crippen LogP contribution in [0.5, 0.6) is 0 Å². The summed E-state index contributed by atoms with van der Waals surface area (Å²) in [5.74, 6) is 0.756. The summed E-state index contributed by atoms with van der Waals surface area (Å²) in [6.07, 6.45) is 5.72. The fraction of sp³-hybridized carbons (Fsp3) is 0.909. The zero-order chi connectivity index (χ0) is 10.3. The molecule has 0 aliphatic carbocycles. The Hall–Kier alpha value is -0.370. The van der Waals surface area contributed by atoms with Crippen molar-refractivity contribution in [3.8, 4) is 0 Å². The monoisotopic (exact) mass is 186 g/mol. The molecule has 0 aliphatic rings.